The first-order valence-electron chi connectivity index (χ1n) is 11.5. The standard InChI is InChI=1S/C24H46OSi/c1-8-12-16-20-21(17-13-9-2)23(19-15-11-4)24(25-26(5,6)7)22(20)18-14-10-3/h22H,8-19H2,1-7H3. The van der Waals surface area contributed by atoms with Crippen LogP contribution in [-0.4, -0.2) is 8.32 Å². The van der Waals surface area contributed by atoms with Crippen molar-refractivity contribution in [1.29, 1.82) is 0 Å². The highest BCUT2D eigenvalue weighted by Gasteiger charge is 2.35. The molecule has 0 aliphatic heterocycles. The molecule has 0 saturated heterocycles. The Morgan fingerprint density at radius 2 is 1.19 bits per heavy atom. The third-order valence-corrected chi connectivity index (χ3v) is 6.24. The molecule has 1 aliphatic rings. The van der Waals surface area contributed by atoms with Gasteiger partial charge < -0.3 is 4.43 Å². The lowest BCUT2D eigenvalue weighted by Crippen LogP contribution is -2.27. The molecule has 0 bridgehead atoms. The van der Waals surface area contributed by atoms with E-state index < -0.39 is 8.32 Å². The molecule has 1 nitrogen and oxygen atoms in total. The Morgan fingerprint density at radius 3 is 1.69 bits per heavy atom. The summed E-state index contributed by atoms with van der Waals surface area (Å²) in [5.74, 6) is 2.01. The minimum absolute atomic E-state index is 0.590. The molecule has 0 radical (unpaired) electrons. The molecule has 0 aromatic heterocycles. The fraction of sp³-hybridized carbons (Fsp3) is 0.833. The second-order valence-electron chi connectivity index (χ2n) is 9.07. The van der Waals surface area contributed by atoms with Gasteiger partial charge in [-0.25, -0.2) is 0 Å². The maximum Gasteiger partial charge on any atom is 0.241 e. The van der Waals surface area contributed by atoms with E-state index >= 15 is 0 Å². The second-order valence-corrected chi connectivity index (χ2v) is 13.5. The predicted octanol–water partition coefficient (Wildman–Crippen LogP) is 8.78. The molecule has 1 aliphatic carbocycles. The van der Waals surface area contributed by atoms with Crippen LogP contribution in [0.5, 0.6) is 0 Å². The SMILES string of the molecule is CCCCC1=C(CCCC)C(CCCC)C(O[Si](C)(C)C)=C1CCCC. The minimum Gasteiger partial charge on any atom is -0.547 e. The molecule has 0 spiro atoms. The van der Waals surface area contributed by atoms with Crippen molar-refractivity contribution < 1.29 is 4.43 Å². The Balaban J connectivity index is 3.31. The first kappa shape index (κ1) is 23.5. The zero-order chi connectivity index (χ0) is 19.6. The second kappa shape index (κ2) is 12.1. The molecule has 0 fully saturated rings. The van der Waals surface area contributed by atoms with Crippen LogP contribution in [0.3, 0.4) is 0 Å². The molecular weight excluding hydrogens is 332 g/mol. The molecule has 1 atom stereocenters. The van der Waals surface area contributed by atoms with Crippen molar-refractivity contribution in [3.05, 3.63) is 22.5 Å². The maximum absolute atomic E-state index is 6.82. The van der Waals surface area contributed by atoms with Gasteiger partial charge in [0.1, 0.15) is 0 Å². The predicted molar refractivity (Wildman–Crippen MR) is 120 cm³/mol. The van der Waals surface area contributed by atoms with Crippen LogP contribution < -0.4 is 0 Å². The zero-order valence-electron chi connectivity index (χ0n) is 19.0. The normalized spacial score (nSPS) is 18.2. The monoisotopic (exact) mass is 378 g/mol. The summed E-state index contributed by atoms with van der Waals surface area (Å²) in [5.41, 5.74) is 5.13. The minimum atomic E-state index is -1.59. The highest BCUT2D eigenvalue weighted by atomic mass is 28.4. The van der Waals surface area contributed by atoms with Gasteiger partial charge >= 0.3 is 0 Å². The van der Waals surface area contributed by atoms with Crippen molar-refractivity contribution >= 4 is 8.32 Å². The van der Waals surface area contributed by atoms with Crippen molar-refractivity contribution in [2.75, 3.05) is 0 Å². The van der Waals surface area contributed by atoms with E-state index in [1.807, 2.05) is 0 Å². The highest BCUT2D eigenvalue weighted by Crippen LogP contribution is 2.47. The molecule has 2 heteroatoms. The number of hydrogen-bond acceptors (Lipinski definition) is 1. The molecule has 26 heavy (non-hydrogen) atoms. The summed E-state index contributed by atoms with van der Waals surface area (Å²) < 4.78 is 6.82. The molecule has 0 saturated carbocycles. The van der Waals surface area contributed by atoms with Gasteiger partial charge in [0.05, 0.1) is 5.76 Å². The summed E-state index contributed by atoms with van der Waals surface area (Å²) >= 11 is 0. The van der Waals surface area contributed by atoms with Gasteiger partial charge in [-0.3, -0.25) is 0 Å². The Kier molecular flexibility index (Phi) is 10.9. The first-order valence-corrected chi connectivity index (χ1v) is 14.9. The zero-order valence-corrected chi connectivity index (χ0v) is 20.0. The van der Waals surface area contributed by atoms with Crippen LogP contribution in [0.1, 0.15) is 105 Å². The van der Waals surface area contributed by atoms with E-state index in [1.54, 1.807) is 16.7 Å². The quantitative estimate of drug-likeness (QED) is 0.274. The largest absolute Gasteiger partial charge is 0.547 e. The van der Waals surface area contributed by atoms with Crippen LogP contribution in [0, 0.1) is 5.92 Å². The van der Waals surface area contributed by atoms with Crippen molar-refractivity contribution in [3.8, 4) is 0 Å². The average molecular weight is 379 g/mol. The Labute approximate surface area is 165 Å². The molecule has 0 heterocycles. The molecular formula is C24H46OSi. The summed E-state index contributed by atoms with van der Waals surface area (Å²) in [6.45, 7) is 16.3. The summed E-state index contributed by atoms with van der Waals surface area (Å²) in [4.78, 5) is 0. The van der Waals surface area contributed by atoms with Gasteiger partial charge in [0, 0.05) is 5.92 Å². The number of rotatable bonds is 14. The van der Waals surface area contributed by atoms with Crippen LogP contribution >= 0.6 is 0 Å². The topological polar surface area (TPSA) is 9.23 Å². The van der Waals surface area contributed by atoms with Gasteiger partial charge in [-0.2, -0.15) is 0 Å². The van der Waals surface area contributed by atoms with Crippen molar-refractivity contribution in [2.45, 2.75) is 124 Å². The van der Waals surface area contributed by atoms with Gasteiger partial charge in [0.25, 0.3) is 0 Å². The maximum atomic E-state index is 6.82. The van der Waals surface area contributed by atoms with Gasteiger partial charge in [-0.15, -0.1) is 0 Å². The Morgan fingerprint density at radius 1 is 0.692 bits per heavy atom. The average Bonchev–Trinajstić information content (AvgIpc) is 2.84. The molecule has 0 amide bonds. The third kappa shape index (κ3) is 7.25. The molecule has 0 aromatic carbocycles. The highest BCUT2D eigenvalue weighted by molar-refractivity contribution is 6.70. The van der Waals surface area contributed by atoms with Gasteiger partial charge in [-0.05, 0) is 75.7 Å². The summed E-state index contributed by atoms with van der Waals surface area (Å²) in [6.07, 6.45) is 15.5. The summed E-state index contributed by atoms with van der Waals surface area (Å²) in [7, 11) is -1.59. The van der Waals surface area contributed by atoms with E-state index in [0.29, 0.717) is 5.92 Å². The van der Waals surface area contributed by atoms with E-state index in [-0.39, 0.29) is 0 Å². The fourth-order valence-corrected chi connectivity index (χ4v) is 5.01. The summed E-state index contributed by atoms with van der Waals surface area (Å²) in [5, 5.41) is 0. The smallest absolute Gasteiger partial charge is 0.241 e. The lowest BCUT2D eigenvalue weighted by Gasteiger charge is -2.27. The third-order valence-electron chi connectivity index (χ3n) is 5.41. The van der Waals surface area contributed by atoms with E-state index in [0.717, 1.165) is 0 Å². The van der Waals surface area contributed by atoms with E-state index in [1.165, 1.54) is 82.8 Å². The van der Waals surface area contributed by atoms with Crippen LogP contribution in [0.2, 0.25) is 19.6 Å². The van der Waals surface area contributed by atoms with Crippen LogP contribution in [0.15, 0.2) is 22.5 Å². The van der Waals surface area contributed by atoms with E-state index in [2.05, 4.69) is 47.3 Å². The molecule has 1 rings (SSSR count). The molecule has 1 unspecified atom stereocenters. The van der Waals surface area contributed by atoms with Crippen LogP contribution in [0.4, 0.5) is 0 Å². The van der Waals surface area contributed by atoms with Crippen molar-refractivity contribution in [2.24, 2.45) is 5.92 Å². The fourth-order valence-electron chi connectivity index (χ4n) is 4.08. The van der Waals surface area contributed by atoms with Gasteiger partial charge in [0.15, 0.2) is 0 Å². The van der Waals surface area contributed by atoms with Gasteiger partial charge in [0.2, 0.25) is 8.32 Å². The lowest BCUT2D eigenvalue weighted by atomic mass is 9.89. The Bertz CT molecular complexity index is 467. The van der Waals surface area contributed by atoms with Gasteiger partial charge in [-0.1, -0.05) is 65.4 Å². The van der Waals surface area contributed by atoms with Crippen LogP contribution in [0.25, 0.3) is 0 Å². The van der Waals surface area contributed by atoms with Crippen molar-refractivity contribution in [1.82, 2.24) is 0 Å². The van der Waals surface area contributed by atoms with E-state index in [4.69, 9.17) is 4.43 Å². The van der Waals surface area contributed by atoms with Crippen molar-refractivity contribution in [3.63, 3.8) is 0 Å². The van der Waals surface area contributed by atoms with E-state index in [9.17, 15) is 0 Å². The number of hydrogen-bond donors (Lipinski definition) is 0. The Hall–Kier alpha value is -0.503. The van der Waals surface area contributed by atoms with Crippen LogP contribution in [-0.2, 0) is 4.43 Å². The number of allylic oxidation sites excluding steroid dienone is 3. The molecule has 0 aromatic rings. The molecule has 0 N–H and O–H groups in total. The lowest BCUT2D eigenvalue weighted by molar-refractivity contribution is 0.345. The summed E-state index contributed by atoms with van der Waals surface area (Å²) in [6, 6.07) is 0. The first-order chi connectivity index (χ1) is 12.4. The molecule has 152 valence electrons. The number of unbranched alkanes of at least 4 members (excludes halogenated alkanes) is 4.